The monoisotopic (exact) mass is 367 g/mol. The Hall–Kier alpha value is -2.70. The van der Waals surface area contributed by atoms with Crippen LogP contribution in [0.4, 0.5) is 5.69 Å². The Morgan fingerprint density at radius 1 is 1.22 bits per heavy atom. The van der Waals surface area contributed by atoms with Gasteiger partial charge in [0, 0.05) is 5.69 Å². The van der Waals surface area contributed by atoms with Crippen LogP contribution in [-0.4, -0.2) is 48.3 Å². The number of ether oxygens (including phenoxy) is 2. The second kappa shape index (κ2) is 6.48. The first-order chi connectivity index (χ1) is 13.0. The van der Waals surface area contributed by atoms with Crippen molar-refractivity contribution in [2.75, 3.05) is 18.6 Å². The second-order valence-electron chi connectivity index (χ2n) is 6.94. The van der Waals surface area contributed by atoms with E-state index in [4.69, 9.17) is 9.47 Å². The number of rotatable bonds is 5. The SMILES string of the molecule is COc1ccc(N2C(=O)[C@]3([C@H](C(C)=O)c4ccccc4)OCC(O)C23)cc1. The van der Waals surface area contributed by atoms with Crippen molar-refractivity contribution in [3.05, 3.63) is 60.2 Å². The molecule has 0 bridgehead atoms. The first kappa shape index (κ1) is 17.7. The van der Waals surface area contributed by atoms with Crippen LogP contribution in [0.1, 0.15) is 18.4 Å². The largest absolute Gasteiger partial charge is 0.497 e. The highest BCUT2D eigenvalue weighted by molar-refractivity contribution is 6.13. The molecule has 4 rings (SSSR count). The van der Waals surface area contributed by atoms with Crippen molar-refractivity contribution in [2.45, 2.75) is 30.6 Å². The van der Waals surface area contributed by atoms with Crippen LogP contribution in [0.25, 0.3) is 0 Å². The topological polar surface area (TPSA) is 76.1 Å². The molecular weight excluding hydrogens is 346 g/mol. The summed E-state index contributed by atoms with van der Waals surface area (Å²) in [6.45, 7) is 1.47. The average Bonchev–Trinajstić information content (AvgIpc) is 2.97. The minimum atomic E-state index is -1.37. The zero-order chi connectivity index (χ0) is 19.2. The Labute approximate surface area is 157 Å². The van der Waals surface area contributed by atoms with E-state index in [1.807, 2.05) is 30.3 Å². The molecule has 0 aliphatic carbocycles. The summed E-state index contributed by atoms with van der Waals surface area (Å²) in [5.41, 5.74) is -0.0137. The number of aliphatic hydroxyl groups is 1. The molecule has 0 aromatic heterocycles. The molecule has 6 nitrogen and oxygen atoms in total. The number of β-lactam (4-membered cyclic amide) rings is 1. The van der Waals surface area contributed by atoms with E-state index in [-0.39, 0.29) is 18.3 Å². The number of benzene rings is 2. The molecule has 2 saturated heterocycles. The number of fused-ring (bicyclic) bond motifs is 1. The third-order valence-corrected chi connectivity index (χ3v) is 5.45. The van der Waals surface area contributed by atoms with Gasteiger partial charge in [-0.1, -0.05) is 30.3 Å². The summed E-state index contributed by atoms with van der Waals surface area (Å²) >= 11 is 0. The summed E-state index contributed by atoms with van der Waals surface area (Å²) in [6, 6.07) is 15.5. The fraction of sp³-hybridized carbons (Fsp3) is 0.333. The molecule has 2 aliphatic rings. The minimum absolute atomic E-state index is 0.0136. The van der Waals surface area contributed by atoms with Gasteiger partial charge in [0.2, 0.25) is 0 Å². The summed E-state index contributed by atoms with van der Waals surface area (Å²) in [5, 5.41) is 10.6. The molecule has 1 amide bonds. The number of anilines is 1. The molecule has 27 heavy (non-hydrogen) atoms. The lowest BCUT2D eigenvalue weighted by molar-refractivity contribution is -0.159. The maximum atomic E-state index is 13.3. The van der Waals surface area contributed by atoms with Crippen molar-refractivity contribution in [1.29, 1.82) is 0 Å². The molecule has 0 spiro atoms. The van der Waals surface area contributed by atoms with Crippen LogP contribution in [0.2, 0.25) is 0 Å². The van der Waals surface area contributed by atoms with Gasteiger partial charge in [-0.05, 0) is 36.8 Å². The van der Waals surface area contributed by atoms with Crippen LogP contribution < -0.4 is 9.64 Å². The molecule has 2 fully saturated rings. The number of carbonyl (C=O) groups is 2. The number of ketones is 1. The van der Waals surface area contributed by atoms with E-state index in [9.17, 15) is 14.7 Å². The summed E-state index contributed by atoms with van der Waals surface area (Å²) < 4.78 is 11.0. The molecule has 140 valence electrons. The summed E-state index contributed by atoms with van der Waals surface area (Å²) in [5.74, 6) is -0.559. The lowest BCUT2D eigenvalue weighted by Crippen LogP contribution is -2.77. The highest BCUT2D eigenvalue weighted by Gasteiger charge is 2.72. The van der Waals surface area contributed by atoms with Gasteiger partial charge in [-0.2, -0.15) is 0 Å². The van der Waals surface area contributed by atoms with Crippen LogP contribution in [0, 0.1) is 0 Å². The minimum Gasteiger partial charge on any atom is -0.497 e. The van der Waals surface area contributed by atoms with E-state index in [2.05, 4.69) is 0 Å². The van der Waals surface area contributed by atoms with E-state index in [1.54, 1.807) is 31.4 Å². The molecule has 2 aromatic carbocycles. The normalized spacial score (nSPS) is 27.7. The quantitative estimate of drug-likeness (QED) is 0.817. The van der Waals surface area contributed by atoms with Crippen molar-refractivity contribution in [2.24, 2.45) is 0 Å². The lowest BCUT2D eigenvalue weighted by atomic mass is 9.67. The molecule has 2 aliphatic heterocycles. The van der Waals surface area contributed by atoms with Gasteiger partial charge >= 0.3 is 0 Å². The van der Waals surface area contributed by atoms with Crippen molar-refractivity contribution >= 4 is 17.4 Å². The smallest absolute Gasteiger partial charge is 0.263 e. The summed E-state index contributed by atoms with van der Waals surface area (Å²) in [4.78, 5) is 27.4. The van der Waals surface area contributed by atoms with Crippen molar-refractivity contribution in [3.8, 4) is 5.75 Å². The number of hydrogen-bond acceptors (Lipinski definition) is 5. The molecule has 2 aromatic rings. The number of Topliss-reactive ketones (excluding diaryl/α,β-unsaturated/α-hetero) is 1. The molecule has 6 heteroatoms. The van der Waals surface area contributed by atoms with Crippen molar-refractivity contribution < 1.29 is 24.2 Å². The van der Waals surface area contributed by atoms with Crippen LogP contribution in [0.15, 0.2) is 54.6 Å². The Balaban J connectivity index is 1.76. The Morgan fingerprint density at radius 3 is 2.48 bits per heavy atom. The number of hydrogen-bond donors (Lipinski definition) is 1. The molecule has 2 unspecified atom stereocenters. The highest BCUT2D eigenvalue weighted by atomic mass is 16.5. The first-order valence-electron chi connectivity index (χ1n) is 8.86. The van der Waals surface area contributed by atoms with E-state index in [0.717, 1.165) is 0 Å². The van der Waals surface area contributed by atoms with Crippen LogP contribution in [0.3, 0.4) is 0 Å². The molecule has 0 radical (unpaired) electrons. The van der Waals surface area contributed by atoms with Gasteiger partial charge in [0.15, 0.2) is 5.60 Å². The van der Waals surface area contributed by atoms with E-state index >= 15 is 0 Å². The maximum Gasteiger partial charge on any atom is 0.263 e. The van der Waals surface area contributed by atoms with E-state index < -0.39 is 23.7 Å². The maximum absolute atomic E-state index is 13.3. The standard InChI is InChI=1S/C21H21NO5/c1-13(23)18(14-6-4-3-5-7-14)21-19(17(24)12-27-21)22(20(21)25)15-8-10-16(26-2)11-9-15/h3-11,17-19,24H,12H2,1-2H3/t17?,18-,19?,21-/m1/s1. The Kier molecular flexibility index (Phi) is 4.25. The fourth-order valence-corrected chi connectivity index (χ4v) is 4.31. The van der Waals surface area contributed by atoms with Crippen LogP contribution in [0.5, 0.6) is 5.75 Å². The number of methoxy groups -OCH3 is 1. The molecule has 0 saturated carbocycles. The van der Waals surface area contributed by atoms with Gasteiger partial charge in [-0.15, -0.1) is 0 Å². The first-order valence-corrected chi connectivity index (χ1v) is 8.86. The van der Waals surface area contributed by atoms with Crippen molar-refractivity contribution in [1.82, 2.24) is 0 Å². The highest BCUT2D eigenvalue weighted by Crippen LogP contribution is 2.52. The average molecular weight is 367 g/mol. The van der Waals surface area contributed by atoms with Gasteiger partial charge < -0.3 is 19.5 Å². The molecule has 1 N–H and O–H groups in total. The third kappa shape index (κ3) is 2.48. The number of aliphatic hydroxyl groups excluding tert-OH is 1. The Morgan fingerprint density at radius 2 is 1.89 bits per heavy atom. The van der Waals surface area contributed by atoms with Crippen LogP contribution in [-0.2, 0) is 14.3 Å². The van der Waals surface area contributed by atoms with Gasteiger partial charge in [0.05, 0.1) is 19.6 Å². The second-order valence-corrected chi connectivity index (χ2v) is 6.94. The lowest BCUT2D eigenvalue weighted by Gasteiger charge is -2.54. The molecule has 2 heterocycles. The fourth-order valence-electron chi connectivity index (χ4n) is 4.31. The summed E-state index contributed by atoms with van der Waals surface area (Å²) in [7, 11) is 1.57. The van der Waals surface area contributed by atoms with Crippen LogP contribution >= 0.6 is 0 Å². The predicted molar refractivity (Wildman–Crippen MR) is 98.8 cm³/mol. The van der Waals surface area contributed by atoms with Gasteiger partial charge in [0.25, 0.3) is 5.91 Å². The zero-order valence-corrected chi connectivity index (χ0v) is 15.2. The predicted octanol–water partition coefficient (Wildman–Crippen LogP) is 1.91. The third-order valence-electron chi connectivity index (χ3n) is 5.45. The van der Waals surface area contributed by atoms with Gasteiger partial charge in [-0.25, -0.2) is 0 Å². The van der Waals surface area contributed by atoms with Gasteiger partial charge in [-0.3, -0.25) is 9.59 Å². The van der Waals surface area contributed by atoms with E-state index in [0.29, 0.717) is 17.0 Å². The Bertz CT molecular complexity index is 866. The number of nitrogens with zero attached hydrogens (tertiary/aromatic N) is 1. The number of carbonyl (C=O) groups excluding carboxylic acids is 2. The zero-order valence-electron chi connectivity index (χ0n) is 15.2. The van der Waals surface area contributed by atoms with E-state index in [1.165, 1.54) is 11.8 Å². The molecular formula is C21H21NO5. The summed E-state index contributed by atoms with van der Waals surface area (Å²) in [6.07, 6.45) is -0.865. The van der Waals surface area contributed by atoms with Crippen molar-refractivity contribution in [3.63, 3.8) is 0 Å². The van der Waals surface area contributed by atoms with Gasteiger partial charge in [0.1, 0.15) is 23.7 Å². The molecule has 4 atom stereocenters. The number of amides is 1.